The zero-order valence-corrected chi connectivity index (χ0v) is 8.05. The highest BCUT2D eigenvalue weighted by molar-refractivity contribution is 6.17. The van der Waals surface area contributed by atoms with Crippen molar-refractivity contribution < 1.29 is 18.6 Å². The number of aromatic hydroxyl groups is 1. The molecule has 14 heavy (non-hydrogen) atoms. The first-order valence-corrected chi connectivity index (χ1v) is 4.24. The van der Waals surface area contributed by atoms with Crippen molar-refractivity contribution in [1.29, 1.82) is 0 Å². The summed E-state index contributed by atoms with van der Waals surface area (Å²) in [5.74, 6) is -0.668. The van der Waals surface area contributed by atoms with Crippen LogP contribution in [-0.2, 0) is 5.88 Å². The third-order valence-corrected chi connectivity index (χ3v) is 1.95. The van der Waals surface area contributed by atoms with Gasteiger partial charge >= 0.3 is 0 Å². The van der Waals surface area contributed by atoms with Gasteiger partial charge in [-0.3, -0.25) is 4.98 Å². The lowest BCUT2D eigenvalue weighted by molar-refractivity contribution is 0.141. The number of hydrogen-bond donors (Lipinski definition) is 1. The third-order valence-electron chi connectivity index (χ3n) is 1.66. The predicted molar refractivity (Wildman–Crippen MR) is 47.0 cm³/mol. The standard InChI is InChI=1S/C8H8ClF2NO2/c1-14-7-4(2-9)3-12-5(6(7)13)8(10)11/h3,8,13H,2H2,1H3. The van der Waals surface area contributed by atoms with Crippen molar-refractivity contribution in [2.24, 2.45) is 0 Å². The summed E-state index contributed by atoms with van der Waals surface area (Å²) >= 11 is 5.50. The normalized spacial score (nSPS) is 10.6. The van der Waals surface area contributed by atoms with Gasteiger partial charge in [0.05, 0.1) is 13.0 Å². The average Bonchev–Trinajstić information content (AvgIpc) is 2.16. The van der Waals surface area contributed by atoms with Gasteiger partial charge in [-0.25, -0.2) is 8.78 Å². The molecule has 0 spiro atoms. The van der Waals surface area contributed by atoms with Crippen molar-refractivity contribution in [1.82, 2.24) is 4.98 Å². The van der Waals surface area contributed by atoms with E-state index in [-0.39, 0.29) is 11.6 Å². The van der Waals surface area contributed by atoms with E-state index in [0.717, 1.165) is 6.20 Å². The summed E-state index contributed by atoms with van der Waals surface area (Å²) in [5.41, 5.74) is -0.327. The van der Waals surface area contributed by atoms with E-state index in [1.165, 1.54) is 7.11 Å². The van der Waals surface area contributed by atoms with Crippen LogP contribution in [0.5, 0.6) is 11.5 Å². The van der Waals surface area contributed by atoms with Crippen LogP contribution in [0.15, 0.2) is 6.20 Å². The Kier molecular flexibility index (Phi) is 3.46. The Hall–Kier alpha value is -1.10. The molecule has 1 N–H and O–H groups in total. The van der Waals surface area contributed by atoms with Crippen LogP contribution in [0.2, 0.25) is 0 Å². The van der Waals surface area contributed by atoms with Crippen LogP contribution in [0.4, 0.5) is 8.78 Å². The molecule has 1 aromatic rings. The Labute approximate surface area is 84.3 Å². The van der Waals surface area contributed by atoms with E-state index in [2.05, 4.69) is 4.98 Å². The summed E-state index contributed by atoms with van der Waals surface area (Å²) in [7, 11) is 1.26. The second-order valence-electron chi connectivity index (χ2n) is 2.48. The summed E-state index contributed by atoms with van der Waals surface area (Å²) in [6.07, 6.45) is -1.68. The Morgan fingerprint density at radius 1 is 1.64 bits per heavy atom. The number of methoxy groups -OCH3 is 1. The van der Waals surface area contributed by atoms with Crippen LogP contribution >= 0.6 is 11.6 Å². The molecule has 0 aliphatic carbocycles. The maximum Gasteiger partial charge on any atom is 0.284 e. The Morgan fingerprint density at radius 3 is 2.71 bits per heavy atom. The minimum absolute atomic E-state index is 0.0350. The fraction of sp³-hybridized carbons (Fsp3) is 0.375. The number of aromatic nitrogens is 1. The zero-order valence-electron chi connectivity index (χ0n) is 7.30. The topological polar surface area (TPSA) is 42.4 Å². The van der Waals surface area contributed by atoms with Gasteiger partial charge in [-0.2, -0.15) is 0 Å². The van der Waals surface area contributed by atoms with Gasteiger partial charge in [0.25, 0.3) is 6.43 Å². The number of halogens is 3. The monoisotopic (exact) mass is 223 g/mol. The van der Waals surface area contributed by atoms with E-state index in [1.807, 2.05) is 0 Å². The second kappa shape index (κ2) is 4.41. The second-order valence-corrected chi connectivity index (χ2v) is 2.75. The lowest BCUT2D eigenvalue weighted by atomic mass is 10.2. The minimum Gasteiger partial charge on any atom is -0.503 e. The van der Waals surface area contributed by atoms with Crippen LogP contribution in [0.3, 0.4) is 0 Å². The SMILES string of the molecule is COc1c(CCl)cnc(C(F)F)c1O. The van der Waals surface area contributed by atoms with Crippen molar-refractivity contribution >= 4 is 11.6 Å². The highest BCUT2D eigenvalue weighted by atomic mass is 35.5. The van der Waals surface area contributed by atoms with Crippen molar-refractivity contribution in [3.63, 3.8) is 0 Å². The van der Waals surface area contributed by atoms with E-state index in [0.29, 0.717) is 5.56 Å². The van der Waals surface area contributed by atoms with Gasteiger partial charge < -0.3 is 9.84 Å². The third kappa shape index (κ3) is 1.87. The van der Waals surface area contributed by atoms with Crippen LogP contribution in [0.1, 0.15) is 17.7 Å². The first-order valence-electron chi connectivity index (χ1n) is 3.70. The fourth-order valence-electron chi connectivity index (χ4n) is 1.02. The van der Waals surface area contributed by atoms with Crippen molar-refractivity contribution in [3.05, 3.63) is 17.5 Å². The first-order chi connectivity index (χ1) is 6.61. The molecular formula is C8H8ClF2NO2. The maximum absolute atomic E-state index is 12.3. The lowest BCUT2D eigenvalue weighted by Gasteiger charge is -2.10. The van der Waals surface area contributed by atoms with Crippen LogP contribution in [0.25, 0.3) is 0 Å². The Balaban J connectivity index is 3.27. The van der Waals surface area contributed by atoms with E-state index in [4.69, 9.17) is 16.3 Å². The highest BCUT2D eigenvalue weighted by Crippen LogP contribution is 2.37. The molecule has 1 heterocycles. The van der Waals surface area contributed by atoms with Gasteiger partial charge in [-0.05, 0) is 0 Å². The van der Waals surface area contributed by atoms with Gasteiger partial charge in [0.15, 0.2) is 17.2 Å². The quantitative estimate of drug-likeness (QED) is 0.801. The number of pyridine rings is 1. The fourth-order valence-corrected chi connectivity index (χ4v) is 1.21. The minimum atomic E-state index is -2.84. The number of hydrogen-bond acceptors (Lipinski definition) is 3. The van der Waals surface area contributed by atoms with Crippen LogP contribution in [0, 0.1) is 0 Å². The molecule has 0 aliphatic heterocycles. The summed E-state index contributed by atoms with van der Waals surface area (Å²) in [5, 5.41) is 9.35. The lowest BCUT2D eigenvalue weighted by Crippen LogP contribution is -1.97. The Morgan fingerprint density at radius 2 is 2.29 bits per heavy atom. The number of rotatable bonds is 3. The zero-order chi connectivity index (χ0) is 10.7. The summed E-state index contributed by atoms with van der Waals surface area (Å²) in [6.45, 7) is 0. The molecule has 0 unspecified atom stereocenters. The van der Waals surface area contributed by atoms with E-state index in [1.54, 1.807) is 0 Å². The molecule has 0 amide bonds. The number of ether oxygens (including phenoxy) is 1. The molecule has 6 heteroatoms. The molecule has 0 aliphatic rings. The van der Waals surface area contributed by atoms with Crippen LogP contribution in [-0.4, -0.2) is 17.2 Å². The van der Waals surface area contributed by atoms with Gasteiger partial charge in [0.2, 0.25) is 0 Å². The van der Waals surface area contributed by atoms with E-state index < -0.39 is 17.9 Å². The molecule has 1 aromatic heterocycles. The molecule has 0 atom stereocenters. The molecule has 78 valence electrons. The molecule has 0 saturated carbocycles. The van der Waals surface area contributed by atoms with Gasteiger partial charge in [-0.15, -0.1) is 11.6 Å². The first kappa shape index (κ1) is 11.0. The molecule has 0 fully saturated rings. The van der Waals surface area contributed by atoms with Crippen LogP contribution < -0.4 is 4.74 Å². The van der Waals surface area contributed by atoms with Crippen molar-refractivity contribution in [2.75, 3.05) is 7.11 Å². The molecule has 3 nitrogen and oxygen atoms in total. The molecule has 0 bridgehead atoms. The summed E-state index contributed by atoms with van der Waals surface area (Å²) in [4.78, 5) is 3.39. The van der Waals surface area contributed by atoms with Gasteiger partial charge in [-0.1, -0.05) is 0 Å². The highest BCUT2D eigenvalue weighted by Gasteiger charge is 2.20. The smallest absolute Gasteiger partial charge is 0.284 e. The number of alkyl halides is 3. The van der Waals surface area contributed by atoms with Gasteiger partial charge in [0.1, 0.15) is 0 Å². The van der Waals surface area contributed by atoms with Crippen molar-refractivity contribution in [2.45, 2.75) is 12.3 Å². The molecule has 0 radical (unpaired) electrons. The Bertz CT molecular complexity index is 333. The summed E-state index contributed by atoms with van der Waals surface area (Å²) in [6, 6.07) is 0. The molecule has 0 saturated heterocycles. The number of nitrogens with zero attached hydrogens (tertiary/aromatic N) is 1. The average molecular weight is 224 g/mol. The van der Waals surface area contributed by atoms with E-state index in [9.17, 15) is 13.9 Å². The maximum atomic E-state index is 12.3. The largest absolute Gasteiger partial charge is 0.503 e. The van der Waals surface area contributed by atoms with E-state index >= 15 is 0 Å². The summed E-state index contributed by atoms with van der Waals surface area (Å²) < 4.78 is 29.3. The molecular weight excluding hydrogens is 216 g/mol. The molecule has 1 rings (SSSR count). The van der Waals surface area contributed by atoms with Crippen molar-refractivity contribution in [3.8, 4) is 11.5 Å². The van der Waals surface area contributed by atoms with Gasteiger partial charge in [0, 0.05) is 11.8 Å². The molecule has 0 aromatic carbocycles. The predicted octanol–water partition coefficient (Wildman–Crippen LogP) is 2.47.